The maximum atomic E-state index is 10.1. The van der Waals surface area contributed by atoms with Crippen molar-refractivity contribution in [1.82, 2.24) is 9.55 Å². The predicted molar refractivity (Wildman–Crippen MR) is 114 cm³/mol. The van der Waals surface area contributed by atoms with Crippen LogP contribution in [0.1, 0.15) is 0 Å². The number of benzene rings is 3. The van der Waals surface area contributed by atoms with Crippen molar-refractivity contribution in [2.45, 2.75) is 6.54 Å². The molecule has 5 aromatic rings. The van der Waals surface area contributed by atoms with Crippen molar-refractivity contribution >= 4 is 55.8 Å². The van der Waals surface area contributed by atoms with Gasteiger partial charge in [-0.2, -0.15) is 0 Å². The van der Waals surface area contributed by atoms with Crippen molar-refractivity contribution < 1.29 is 5.11 Å². The zero-order valence-electron chi connectivity index (χ0n) is 14.3. The second-order valence-electron chi connectivity index (χ2n) is 6.62. The molecule has 2 aromatic heterocycles. The first-order chi connectivity index (χ1) is 13.2. The lowest BCUT2D eigenvalue weighted by atomic mass is 9.97. The molecule has 0 bridgehead atoms. The number of nitrogens with zero attached hydrogens (tertiary/aromatic N) is 1. The summed E-state index contributed by atoms with van der Waals surface area (Å²) in [6, 6.07) is 15.5. The van der Waals surface area contributed by atoms with Gasteiger partial charge in [0.2, 0.25) is 0 Å². The van der Waals surface area contributed by atoms with E-state index in [-0.39, 0.29) is 5.75 Å². The van der Waals surface area contributed by atoms with Crippen LogP contribution in [0.15, 0.2) is 60.9 Å². The summed E-state index contributed by atoms with van der Waals surface area (Å²) in [4.78, 5) is 3.24. The summed E-state index contributed by atoms with van der Waals surface area (Å²) in [6.07, 6.45) is 4.01. The molecule has 0 unspecified atom stereocenters. The number of aromatic nitrogens is 2. The van der Waals surface area contributed by atoms with Crippen LogP contribution in [0.4, 0.5) is 0 Å². The lowest BCUT2D eigenvalue weighted by molar-refractivity contribution is 0.476. The molecular formula is C22H16Cl2N2O. The fourth-order valence-electron chi connectivity index (χ4n) is 4.03. The first-order valence-corrected chi connectivity index (χ1v) is 9.65. The molecule has 2 heterocycles. The van der Waals surface area contributed by atoms with Gasteiger partial charge in [0.15, 0.2) is 0 Å². The first-order valence-electron chi connectivity index (χ1n) is 8.74. The largest absolute Gasteiger partial charge is 0.508 e. The average molecular weight is 395 g/mol. The Hall–Kier alpha value is -2.62. The predicted octanol–water partition coefficient (Wildman–Crippen LogP) is 6.54. The number of aromatic hydroxyl groups is 1. The van der Waals surface area contributed by atoms with E-state index >= 15 is 0 Å². The number of H-pyrrole nitrogens is 1. The van der Waals surface area contributed by atoms with E-state index in [1.54, 1.807) is 6.07 Å². The maximum absolute atomic E-state index is 10.1. The van der Waals surface area contributed by atoms with Crippen LogP contribution < -0.4 is 0 Å². The molecule has 0 saturated carbocycles. The summed E-state index contributed by atoms with van der Waals surface area (Å²) in [7, 11) is 0. The normalized spacial score (nSPS) is 11.8. The number of aryl methyl sites for hydroxylation is 1. The van der Waals surface area contributed by atoms with Gasteiger partial charge >= 0.3 is 0 Å². The molecule has 0 aliphatic heterocycles. The van der Waals surface area contributed by atoms with Crippen molar-refractivity contribution in [3.05, 3.63) is 65.9 Å². The Kier molecular flexibility index (Phi) is 3.81. The Balaban J connectivity index is 2.00. The highest BCUT2D eigenvalue weighted by Crippen LogP contribution is 2.42. The van der Waals surface area contributed by atoms with E-state index in [2.05, 4.69) is 15.6 Å². The Bertz CT molecular complexity index is 1320. The van der Waals surface area contributed by atoms with Crippen LogP contribution in [0.25, 0.3) is 43.7 Å². The van der Waals surface area contributed by atoms with Crippen LogP contribution in [0.2, 0.25) is 5.02 Å². The standard InChI is InChI=1S/C22H16Cl2N2O/c23-7-8-26-20-6-5-13(27)9-16(20)22-18-12-25-11-17(18)15(10-21(22)26)14-3-1-2-4-19(14)24/h1-6,9-12,25,27H,7-8H2. The Morgan fingerprint density at radius 2 is 1.70 bits per heavy atom. The van der Waals surface area contributed by atoms with Crippen LogP contribution >= 0.6 is 23.2 Å². The zero-order chi connectivity index (χ0) is 18.5. The Morgan fingerprint density at radius 3 is 2.52 bits per heavy atom. The number of aromatic amines is 1. The third-order valence-corrected chi connectivity index (χ3v) is 5.64. The molecule has 0 radical (unpaired) electrons. The molecule has 0 atom stereocenters. The smallest absolute Gasteiger partial charge is 0.116 e. The summed E-state index contributed by atoms with van der Waals surface area (Å²) in [5.41, 5.74) is 4.21. The number of rotatable bonds is 3. The highest BCUT2D eigenvalue weighted by atomic mass is 35.5. The van der Waals surface area contributed by atoms with Gasteiger partial charge in [-0.25, -0.2) is 0 Å². The minimum absolute atomic E-state index is 0.256. The quantitative estimate of drug-likeness (QED) is 0.335. The molecule has 2 N–H and O–H groups in total. The van der Waals surface area contributed by atoms with Gasteiger partial charge in [0.05, 0.1) is 5.52 Å². The third-order valence-electron chi connectivity index (χ3n) is 5.15. The van der Waals surface area contributed by atoms with Gasteiger partial charge in [-0.1, -0.05) is 29.8 Å². The molecular weight excluding hydrogens is 379 g/mol. The fourth-order valence-corrected chi connectivity index (χ4v) is 4.44. The van der Waals surface area contributed by atoms with Gasteiger partial charge in [-0.05, 0) is 35.9 Å². The lowest BCUT2D eigenvalue weighted by Crippen LogP contribution is -1.98. The molecule has 27 heavy (non-hydrogen) atoms. The molecule has 0 saturated heterocycles. The number of phenolic OH excluding ortho intramolecular Hbond substituents is 1. The third kappa shape index (κ3) is 2.43. The lowest BCUT2D eigenvalue weighted by Gasteiger charge is -2.10. The SMILES string of the molecule is Oc1ccc2c(c1)c1c3c[nH]cc3c(-c3ccccc3Cl)cc1n2CCCl. The number of nitrogens with one attached hydrogen (secondary N) is 1. The molecule has 0 fully saturated rings. The van der Waals surface area contributed by atoms with Crippen molar-refractivity contribution in [3.8, 4) is 16.9 Å². The van der Waals surface area contributed by atoms with Crippen LogP contribution in [0.5, 0.6) is 5.75 Å². The summed E-state index contributed by atoms with van der Waals surface area (Å²) >= 11 is 12.6. The summed E-state index contributed by atoms with van der Waals surface area (Å²) in [6.45, 7) is 0.685. The van der Waals surface area contributed by atoms with E-state index < -0.39 is 0 Å². The molecule has 134 valence electrons. The molecule has 0 amide bonds. The highest BCUT2D eigenvalue weighted by molar-refractivity contribution is 6.34. The molecule has 3 aromatic carbocycles. The fraction of sp³-hybridized carbons (Fsp3) is 0.0909. The summed E-state index contributed by atoms with van der Waals surface area (Å²) < 4.78 is 2.21. The van der Waals surface area contributed by atoms with E-state index in [4.69, 9.17) is 23.2 Å². The van der Waals surface area contributed by atoms with Crippen LogP contribution in [0, 0.1) is 0 Å². The van der Waals surface area contributed by atoms with E-state index in [1.165, 1.54) is 0 Å². The van der Waals surface area contributed by atoms with Gasteiger partial charge in [0, 0.05) is 62.5 Å². The number of hydrogen-bond donors (Lipinski definition) is 2. The molecule has 3 nitrogen and oxygen atoms in total. The minimum atomic E-state index is 0.256. The second kappa shape index (κ2) is 6.22. The van der Waals surface area contributed by atoms with Crippen LogP contribution in [0.3, 0.4) is 0 Å². The van der Waals surface area contributed by atoms with Gasteiger partial charge < -0.3 is 14.7 Å². The van der Waals surface area contributed by atoms with Crippen molar-refractivity contribution in [3.63, 3.8) is 0 Å². The first kappa shape index (κ1) is 16.5. The number of hydrogen-bond acceptors (Lipinski definition) is 1. The van der Waals surface area contributed by atoms with Gasteiger partial charge in [0.25, 0.3) is 0 Å². The maximum Gasteiger partial charge on any atom is 0.116 e. The zero-order valence-corrected chi connectivity index (χ0v) is 15.8. The van der Waals surface area contributed by atoms with Gasteiger partial charge in [-0.3, -0.25) is 0 Å². The highest BCUT2D eigenvalue weighted by Gasteiger charge is 2.18. The molecule has 5 heteroatoms. The van der Waals surface area contributed by atoms with Gasteiger partial charge in [0.1, 0.15) is 5.75 Å². The Labute approximate surface area is 165 Å². The van der Waals surface area contributed by atoms with Crippen LogP contribution in [-0.2, 0) is 6.54 Å². The Morgan fingerprint density at radius 1 is 0.889 bits per heavy atom. The van der Waals surface area contributed by atoms with Crippen LogP contribution in [-0.4, -0.2) is 20.5 Å². The van der Waals surface area contributed by atoms with E-state index in [0.29, 0.717) is 12.4 Å². The summed E-state index contributed by atoms with van der Waals surface area (Å²) in [5, 5.41) is 15.1. The molecule has 0 aliphatic carbocycles. The topological polar surface area (TPSA) is 40.9 Å². The molecule has 5 rings (SSSR count). The number of phenols is 1. The van der Waals surface area contributed by atoms with E-state index in [0.717, 1.165) is 48.7 Å². The molecule has 0 aliphatic rings. The second-order valence-corrected chi connectivity index (χ2v) is 7.41. The monoisotopic (exact) mass is 394 g/mol. The van der Waals surface area contributed by atoms with Gasteiger partial charge in [-0.15, -0.1) is 11.6 Å². The van der Waals surface area contributed by atoms with Crippen molar-refractivity contribution in [2.75, 3.05) is 5.88 Å². The van der Waals surface area contributed by atoms with Crippen molar-refractivity contribution in [1.29, 1.82) is 0 Å². The molecule has 0 spiro atoms. The van der Waals surface area contributed by atoms with E-state index in [9.17, 15) is 5.11 Å². The number of halogens is 2. The number of alkyl halides is 1. The average Bonchev–Trinajstić information content (AvgIpc) is 3.25. The minimum Gasteiger partial charge on any atom is -0.508 e. The van der Waals surface area contributed by atoms with E-state index in [1.807, 2.05) is 48.8 Å². The number of fused-ring (bicyclic) bond motifs is 5. The van der Waals surface area contributed by atoms with Crippen molar-refractivity contribution in [2.24, 2.45) is 0 Å². The summed E-state index contributed by atoms with van der Waals surface area (Å²) in [5.74, 6) is 0.762.